The van der Waals surface area contributed by atoms with Gasteiger partial charge in [-0.05, 0) is 37.7 Å². The van der Waals surface area contributed by atoms with Gasteiger partial charge in [0.2, 0.25) is 0 Å². The van der Waals surface area contributed by atoms with Gasteiger partial charge in [0.1, 0.15) is 0 Å². The standard InChI is InChI=1S/C17H25NO/c1-13(18)7-12-17(19)16-10-8-15(9-11-16)14-5-3-2-4-6-14/h8-11,13-14H,2-7,12,18H2,1H3. The number of carbonyl (C=O) groups excluding carboxylic acids is 1. The zero-order valence-corrected chi connectivity index (χ0v) is 11.9. The summed E-state index contributed by atoms with van der Waals surface area (Å²) in [6.45, 7) is 1.94. The summed E-state index contributed by atoms with van der Waals surface area (Å²) in [4.78, 5) is 12.0. The molecule has 1 atom stereocenters. The summed E-state index contributed by atoms with van der Waals surface area (Å²) >= 11 is 0. The molecule has 0 saturated heterocycles. The van der Waals surface area contributed by atoms with Crippen LogP contribution in [0.25, 0.3) is 0 Å². The molecule has 0 bridgehead atoms. The van der Waals surface area contributed by atoms with Crippen LogP contribution in [0.5, 0.6) is 0 Å². The zero-order valence-electron chi connectivity index (χ0n) is 11.9. The Bertz CT molecular complexity index is 402. The summed E-state index contributed by atoms with van der Waals surface area (Å²) in [6, 6.07) is 8.39. The molecular weight excluding hydrogens is 234 g/mol. The Morgan fingerprint density at radius 2 is 1.84 bits per heavy atom. The van der Waals surface area contributed by atoms with Crippen LogP contribution in [0.3, 0.4) is 0 Å². The highest BCUT2D eigenvalue weighted by Crippen LogP contribution is 2.32. The molecule has 1 saturated carbocycles. The molecule has 1 fully saturated rings. The lowest BCUT2D eigenvalue weighted by molar-refractivity contribution is 0.0978. The molecule has 0 spiro atoms. The lowest BCUT2D eigenvalue weighted by Gasteiger charge is -2.22. The fourth-order valence-electron chi connectivity index (χ4n) is 2.88. The topological polar surface area (TPSA) is 43.1 Å². The fraction of sp³-hybridized carbons (Fsp3) is 0.588. The molecule has 19 heavy (non-hydrogen) atoms. The molecule has 1 aliphatic carbocycles. The van der Waals surface area contributed by atoms with Crippen molar-refractivity contribution in [1.29, 1.82) is 0 Å². The van der Waals surface area contributed by atoms with Crippen LogP contribution in [0, 0.1) is 0 Å². The van der Waals surface area contributed by atoms with E-state index < -0.39 is 0 Å². The Labute approximate surface area is 116 Å². The Kier molecular flexibility index (Phi) is 5.15. The van der Waals surface area contributed by atoms with Gasteiger partial charge < -0.3 is 5.73 Å². The first kappa shape index (κ1) is 14.3. The maximum Gasteiger partial charge on any atom is 0.162 e. The SMILES string of the molecule is CC(N)CCC(=O)c1ccc(C2CCCCC2)cc1. The molecule has 1 aromatic rings. The van der Waals surface area contributed by atoms with Crippen LogP contribution in [0.15, 0.2) is 24.3 Å². The van der Waals surface area contributed by atoms with Gasteiger partial charge >= 0.3 is 0 Å². The van der Waals surface area contributed by atoms with E-state index in [0.29, 0.717) is 12.3 Å². The normalized spacial score (nSPS) is 18.2. The molecule has 0 heterocycles. The highest BCUT2D eigenvalue weighted by atomic mass is 16.1. The first-order valence-electron chi connectivity index (χ1n) is 7.55. The van der Waals surface area contributed by atoms with Gasteiger partial charge in [0.25, 0.3) is 0 Å². The molecular formula is C17H25NO. The maximum atomic E-state index is 12.0. The van der Waals surface area contributed by atoms with E-state index >= 15 is 0 Å². The van der Waals surface area contributed by atoms with E-state index in [2.05, 4.69) is 12.1 Å². The third kappa shape index (κ3) is 4.17. The predicted molar refractivity (Wildman–Crippen MR) is 79.5 cm³/mol. The summed E-state index contributed by atoms with van der Waals surface area (Å²) < 4.78 is 0. The summed E-state index contributed by atoms with van der Waals surface area (Å²) in [5.41, 5.74) is 7.93. The van der Waals surface area contributed by atoms with Crippen LogP contribution < -0.4 is 5.73 Å². The summed E-state index contributed by atoms with van der Waals surface area (Å²) in [7, 11) is 0. The van der Waals surface area contributed by atoms with Crippen molar-refractivity contribution in [3.05, 3.63) is 35.4 Å². The van der Waals surface area contributed by atoms with Gasteiger partial charge in [-0.15, -0.1) is 0 Å². The fourth-order valence-corrected chi connectivity index (χ4v) is 2.88. The van der Waals surface area contributed by atoms with Gasteiger partial charge in [0, 0.05) is 18.0 Å². The Morgan fingerprint density at radius 3 is 2.42 bits per heavy atom. The second-order valence-electron chi connectivity index (χ2n) is 5.90. The average molecular weight is 259 g/mol. The highest BCUT2D eigenvalue weighted by molar-refractivity contribution is 5.96. The zero-order chi connectivity index (χ0) is 13.7. The summed E-state index contributed by atoms with van der Waals surface area (Å²) in [5, 5.41) is 0. The van der Waals surface area contributed by atoms with Crippen molar-refractivity contribution in [2.24, 2.45) is 5.73 Å². The van der Waals surface area contributed by atoms with Gasteiger partial charge in [-0.2, -0.15) is 0 Å². The van der Waals surface area contributed by atoms with Crippen LogP contribution in [0.4, 0.5) is 0 Å². The van der Waals surface area contributed by atoms with Crippen molar-refractivity contribution < 1.29 is 4.79 Å². The van der Waals surface area contributed by atoms with Crippen LogP contribution in [0.1, 0.15) is 73.7 Å². The van der Waals surface area contributed by atoms with Gasteiger partial charge in [-0.1, -0.05) is 43.5 Å². The van der Waals surface area contributed by atoms with Crippen LogP contribution in [0.2, 0.25) is 0 Å². The number of nitrogens with two attached hydrogens (primary N) is 1. The number of ketones is 1. The first-order valence-corrected chi connectivity index (χ1v) is 7.55. The third-order valence-corrected chi connectivity index (χ3v) is 4.14. The Balaban J connectivity index is 1.95. The van der Waals surface area contributed by atoms with E-state index in [4.69, 9.17) is 5.73 Å². The molecule has 104 valence electrons. The van der Waals surface area contributed by atoms with Crippen LogP contribution in [-0.2, 0) is 0 Å². The second-order valence-corrected chi connectivity index (χ2v) is 5.90. The molecule has 2 heteroatoms. The molecule has 1 aliphatic rings. The van der Waals surface area contributed by atoms with Crippen LogP contribution in [-0.4, -0.2) is 11.8 Å². The predicted octanol–water partition coefficient (Wildman–Crippen LogP) is 4.04. The molecule has 0 aromatic heterocycles. The largest absolute Gasteiger partial charge is 0.328 e. The van der Waals surface area contributed by atoms with E-state index in [0.717, 1.165) is 12.0 Å². The number of Topliss-reactive ketones (excluding diaryl/α,β-unsaturated/α-hetero) is 1. The van der Waals surface area contributed by atoms with E-state index in [1.165, 1.54) is 37.7 Å². The van der Waals surface area contributed by atoms with E-state index in [9.17, 15) is 4.79 Å². The molecule has 1 aromatic carbocycles. The summed E-state index contributed by atoms with van der Waals surface area (Å²) in [5.74, 6) is 0.925. The number of carbonyl (C=O) groups is 1. The average Bonchev–Trinajstić information content (AvgIpc) is 2.46. The van der Waals surface area contributed by atoms with Gasteiger partial charge in [0.05, 0.1) is 0 Å². The van der Waals surface area contributed by atoms with Crippen molar-refractivity contribution in [3.8, 4) is 0 Å². The maximum absolute atomic E-state index is 12.0. The van der Waals surface area contributed by atoms with Crippen molar-refractivity contribution in [2.75, 3.05) is 0 Å². The number of hydrogen-bond acceptors (Lipinski definition) is 2. The Morgan fingerprint density at radius 1 is 1.21 bits per heavy atom. The van der Waals surface area contributed by atoms with E-state index in [1.807, 2.05) is 19.1 Å². The molecule has 2 nitrogen and oxygen atoms in total. The molecule has 0 radical (unpaired) electrons. The minimum atomic E-state index is 0.102. The van der Waals surface area contributed by atoms with E-state index in [1.54, 1.807) is 0 Å². The van der Waals surface area contributed by atoms with Crippen LogP contribution >= 0.6 is 0 Å². The number of benzene rings is 1. The van der Waals surface area contributed by atoms with Crippen molar-refractivity contribution in [1.82, 2.24) is 0 Å². The van der Waals surface area contributed by atoms with Crippen molar-refractivity contribution in [2.45, 2.75) is 63.8 Å². The molecule has 1 unspecified atom stereocenters. The Hall–Kier alpha value is -1.15. The van der Waals surface area contributed by atoms with E-state index in [-0.39, 0.29) is 11.8 Å². The molecule has 0 aliphatic heterocycles. The monoisotopic (exact) mass is 259 g/mol. The van der Waals surface area contributed by atoms with Gasteiger partial charge in [-0.25, -0.2) is 0 Å². The molecule has 2 rings (SSSR count). The number of hydrogen-bond donors (Lipinski definition) is 1. The molecule has 0 amide bonds. The minimum Gasteiger partial charge on any atom is -0.328 e. The number of rotatable bonds is 5. The highest BCUT2D eigenvalue weighted by Gasteiger charge is 2.15. The van der Waals surface area contributed by atoms with Gasteiger partial charge in [-0.3, -0.25) is 4.79 Å². The lowest BCUT2D eigenvalue weighted by atomic mass is 9.84. The third-order valence-electron chi connectivity index (χ3n) is 4.14. The smallest absolute Gasteiger partial charge is 0.162 e. The van der Waals surface area contributed by atoms with Crippen molar-refractivity contribution in [3.63, 3.8) is 0 Å². The van der Waals surface area contributed by atoms with Crippen molar-refractivity contribution >= 4 is 5.78 Å². The quantitative estimate of drug-likeness (QED) is 0.811. The first-order chi connectivity index (χ1) is 9.16. The summed E-state index contributed by atoms with van der Waals surface area (Å²) in [6.07, 6.45) is 8.00. The lowest BCUT2D eigenvalue weighted by Crippen LogP contribution is -2.16. The van der Waals surface area contributed by atoms with Gasteiger partial charge in [0.15, 0.2) is 5.78 Å². The molecule has 2 N–H and O–H groups in total. The minimum absolute atomic E-state index is 0.102. The second kappa shape index (κ2) is 6.85.